The zero-order valence-electron chi connectivity index (χ0n) is 11.0. The van der Waals surface area contributed by atoms with Crippen molar-refractivity contribution in [3.63, 3.8) is 0 Å². The van der Waals surface area contributed by atoms with Crippen molar-refractivity contribution < 1.29 is 9.53 Å². The van der Waals surface area contributed by atoms with Gasteiger partial charge < -0.3 is 15.8 Å². The van der Waals surface area contributed by atoms with Crippen molar-refractivity contribution in [3.05, 3.63) is 58.1 Å². The van der Waals surface area contributed by atoms with Crippen LogP contribution in [0.15, 0.2) is 46.9 Å². The lowest BCUT2D eigenvalue weighted by atomic mass is 10.1. The Labute approximate surface area is 126 Å². The van der Waals surface area contributed by atoms with Gasteiger partial charge in [-0.15, -0.1) is 0 Å². The quantitative estimate of drug-likeness (QED) is 0.882. The zero-order valence-corrected chi connectivity index (χ0v) is 12.6. The fourth-order valence-corrected chi connectivity index (χ4v) is 2.31. The molecule has 0 saturated carbocycles. The summed E-state index contributed by atoms with van der Waals surface area (Å²) < 4.78 is 6.08. The normalized spacial score (nSPS) is 10.1. The van der Waals surface area contributed by atoms with E-state index >= 15 is 0 Å². The second-order valence-corrected chi connectivity index (χ2v) is 5.12. The van der Waals surface area contributed by atoms with Crippen LogP contribution in [0.1, 0.15) is 15.9 Å². The maximum atomic E-state index is 11.0. The Bertz CT molecular complexity index is 612. The second kappa shape index (κ2) is 6.43. The molecule has 2 rings (SSSR count). The van der Waals surface area contributed by atoms with Crippen LogP contribution in [0.2, 0.25) is 0 Å². The minimum Gasteiger partial charge on any atom is -0.496 e. The Kier molecular flexibility index (Phi) is 4.63. The number of amides is 1. The number of benzene rings is 2. The number of ether oxygens (including phenoxy) is 1. The molecule has 3 N–H and O–H groups in total. The van der Waals surface area contributed by atoms with Crippen LogP contribution in [-0.4, -0.2) is 13.0 Å². The van der Waals surface area contributed by atoms with E-state index in [0.717, 1.165) is 21.5 Å². The van der Waals surface area contributed by atoms with Crippen LogP contribution in [0.5, 0.6) is 5.75 Å². The first-order chi connectivity index (χ1) is 9.60. The van der Waals surface area contributed by atoms with Crippen molar-refractivity contribution in [2.75, 3.05) is 12.4 Å². The maximum Gasteiger partial charge on any atom is 0.248 e. The highest BCUT2D eigenvalue weighted by Gasteiger charge is 2.02. The molecule has 0 heterocycles. The van der Waals surface area contributed by atoms with E-state index < -0.39 is 5.91 Å². The van der Waals surface area contributed by atoms with Crippen LogP contribution in [0.25, 0.3) is 0 Å². The third-order valence-electron chi connectivity index (χ3n) is 2.89. The molecule has 4 nitrogen and oxygen atoms in total. The van der Waals surface area contributed by atoms with Gasteiger partial charge in [-0.2, -0.15) is 0 Å². The van der Waals surface area contributed by atoms with Crippen LogP contribution < -0.4 is 15.8 Å². The average molecular weight is 335 g/mol. The van der Waals surface area contributed by atoms with Crippen LogP contribution in [0, 0.1) is 0 Å². The predicted molar refractivity (Wildman–Crippen MR) is 83.0 cm³/mol. The maximum absolute atomic E-state index is 11.0. The molecular weight excluding hydrogens is 320 g/mol. The lowest BCUT2D eigenvalue weighted by molar-refractivity contribution is 0.100. The van der Waals surface area contributed by atoms with Gasteiger partial charge in [-0.25, -0.2) is 0 Å². The van der Waals surface area contributed by atoms with E-state index in [9.17, 15) is 4.79 Å². The third-order valence-corrected chi connectivity index (χ3v) is 3.51. The van der Waals surface area contributed by atoms with Crippen LogP contribution in [0.3, 0.4) is 0 Å². The highest BCUT2D eigenvalue weighted by atomic mass is 79.9. The van der Waals surface area contributed by atoms with Gasteiger partial charge in [0.15, 0.2) is 0 Å². The molecule has 1 amide bonds. The minimum atomic E-state index is -0.413. The summed E-state index contributed by atoms with van der Waals surface area (Å²) >= 11 is 3.44. The summed E-state index contributed by atoms with van der Waals surface area (Å²) in [5.74, 6) is 0.380. The summed E-state index contributed by atoms with van der Waals surface area (Å²) in [5, 5.41) is 3.30. The Morgan fingerprint density at radius 2 is 1.95 bits per heavy atom. The van der Waals surface area contributed by atoms with Crippen LogP contribution in [0.4, 0.5) is 5.69 Å². The van der Waals surface area contributed by atoms with Crippen LogP contribution >= 0.6 is 15.9 Å². The van der Waals surface area contributed by atoms with Gasteiger partial charge in [-0.05, 0) is 51.8 Å². The Balaban J connectivity index is 2.01. The van der Waals surface area contributed by atoms with Crippen molar-refractivity contribution >= 4 is 27.5 Å². The summed E-state index contributed by atoms with van der Waals surface area (Å²) in [6, 6.07) is 13.0. The molecule has 0 aromatic heterocycles. The molecule has 20 heavy (non-hydrogen) atoms. The van der Waals surface area contributed by atoms with Crippen molar-refractivity contribution in [2.45, 2.75) is 6.54 Å². The molecule has 0 fully saturated rings. The van der Waals surface area contributed by atoms with Gasteiger partial charge in [0, 0.05) is 17.8 Å². The highest BCUT2D eigenvalue weighted by Crippen LogP contribution is 2.27. The predicted octanol–water partition coefficient (Wildman–Crippen LogP) is 3.17. The first kappa shape index (κ1) is 14.4. The molecule has 2 aromatic carbocycles. The lowest BCUT2D eigenvalue weighted by Gasteiger charge is -2.09. The van der Waals surface area contributed by atoms with Crippen molar-refractivity contribution in [3.8, 4) is 5.75 Å². The first-order valence-electron chi connectivity index (χ1n) is 6.06. The van der Waals surface area contributed by atoms with Gasteiger partial charge >= 0.3 is 0 Å². The van der Waals surface area contributed by atoms with Crippen LogP contribution in [-0.2, 0) is 6.54 Å². The number of halogens is 1. The summed E-state index contributed by atoms with van der Waals surface area (Å²) in [5.41, 5.74) is 7.77. The monoisotopic (exact) mass is 334 g/mol. The standard InChI is InChI=1S/C15H15BrN2O2/c1-20-14-7-6-12(8-13(14)16)18-9-10-2-4-11(5-3-10)15(17)19/h2-8,18H,9H2,1H3,(H2,17,19). The fourth-order valence-electron chi connectivity index (χ4n) is 1.77. The summed E-state index contributed by atoms with van der Waals surface area (Å²) in [6.45, 7) is 0.664. The molecule has 0 aliphatic carbocycles. The largest absolute Gasteiger partial charge is 0.496 e. The number of anilines is 1. The molecule has 104 valence electrons. The Morgan fingerprint density at radius 1 is 1.25 bits per heavy atom. The molecule has 5 heteroatoms. The second-order valence-electron chi connectivity index (χ2n) is 4.26. The molecule has 0 spiro atoms. The smallest absolute Gasteiger partial charge is 0.248 e. The molecule has 0 bridgehead atoms. The third kappa shape index (κ3) is 3.51. The van der Waals surface area contributed by atoms with Gasteiger partial charge in [0.05, 0.1) is 11.6 Å². The van der Waals surface area contributed by atoms with E-state index in [1.165, 1.54) is 0 Å². The first-order valence-corrected chi connectivity index (χ1v) is 6.85. The zero-order chi connectivity index (χ0) is 14.5. The molecule has 0 radical (unpaired) electrons. The van der Waals surface area contributed by atoms with Gasteiger partial charge in [0.2, 0.25) is 5.91 Å². The average Bonchev–Trinajstić information content (AvgIpc) is 2.45. The Hall–Kier alpha value is -2.01. The molecule has 2 aromatic rings. The van der Waals surface area contributed by atoms with Gasteiger partial charge in [-0.3, -0.25) is 4.79 Å². The molecule has 0 saturated heterocycles. The van der Waals surface area contributed by atoms with E-state index in [1.54, 1.807) is 19.2 Å². The van der Waals surface area contributed by atoms with Gasteiger partial charge in [-0.1, -0.05) is 12.1 Å². The summed E-state index contributed by atoms with van der Waals surface area (Å²) in [6.07, 6.45) is 0. The van der Waals surface area contributed by atoms with Crippen molar-refractivity contribution in [2.24, 2.45) is 5.73 Å². The van der Waals surface area contributed by atoms with Gasteiger partial charge in [0.1, 0.15) is 5.75 Å². The lowest BCUT2D eigenvalue weighted by Crippen LogP contribution is -2.10. The van der Waals surface area contributed by atoms with E-state index in [4.69, 9.17) is 10.5 Å². The van der Waals surface area contributed by atoms with E-state index in [-0.39, 0.29) is 0 Å². The topological polar surface area (TPSA) is 64.3 Å². The summed E-state index contributed by atoms with van der Waals surface area (Å²) in [7, 11) is 1.63. The molecule has 0 atom stereocenters. The number of nitrogens with two attached hydrogens (primary N) is 1. The SMILES string of the molecule is COc1ccc(NCc2ccc(C(N)=O)cc2)cc1Br. The molecule has 0 unspecified atom stereocenters. The number of hydrogen-bond acceptors (Lipinski definition) is 3. The van der Waals surface area contributed by atoms with Crippen molar-refractivity contribution in [1.82, 2.24) is 0 Å². The number of primary amides is 1. The Morgan fingerprint density at radius 3 is 2.50 bits per heavy atom. The number of carbonyl (C=O) groups excluding carboxylic acids is 1. The molecular formula is C15H15BrN2O2. The summed E-state index contributed by atoms with van der Waals surface area (Å²) in [4.78, 5) is 11.0. The highest BCUT2D eigenvalue weighted by molar-refractivity contribution is 9.10. The van der Waals surface area contributed by atoms with E-state index in [0.29, 0.717) is 12.1 Å². The molecule has 0 aliphatic heterocycles. The molecule has 0 aliphatic rings. The minimum absolute atomic E-state index is 0.413. The number of rotatable bonds is 5. The van der Waals surface area contributed by atoms with E-state index in [2.05, 4.69) is 21.2 Å². The number of carbonyl (C=O) groups is 1. The number of methoxy groups -OCH3 is 1. The number of nitrogens with one attached hydrogen (secondary N) is 1. The number of hydrogen-bond donors (Lipinski definition) is 2. The fraction of sp³-hybridized carbons (Fsp3) is 0.133. The van der Waals surface area contributed by atoms with E-state index in [1.807, 2.05) is 30.3 Å². The van der Waals surface area contributed by atoms with Crippen molar-refractivity contribution in [1.29, 1.82) is 0 Å². The van der Waals surface area contributed by atoms with Gasteiger partial charge in [0.25, 0.3) is 0 Å².